The Hall–Kier alpha value is -4.49. The van der Waals surface area contributed by atoms with Gasteiger partial charge in [-0.2, -0.15) is 0 Å². The summed E-state index contributed by atoms with van der Waals surface area (Å²) in [7, 11) is 0. The van der Waals surface area contributed by atoms with Gasteiger partial charge >= 0.3 is 5.97 Å². The fourth-order valence-electron chi connectivity index (χ4n) is 3.66. The minimum absolute atomic E-state index is 0.0211. The molecule has 4 rings (SSSR count). The van der Waals surface area contributed by atoms with E-state index in [1.54, 1.807) is 24.3 Å². The number of fused-ring (bicyclic) bond motifs is 1. The molecule has 0 saturated heterocycles. The van der Waals surface area contributed by atoms with E-state index in [0.29, 0.717) is 17.5 Å². The van der Waals surface area contributed by atoms with E-state index >= 15 is 0 Å². The molecule has 4 aromatic rings. The molecule has 0 aliphatic heterocycles. The number of amides is 1. The number of carbonyl (C=O) groups is 3. The highest BCUT2D eigenvalue weighted by molar-refractivity contribution is 6.34. The third-order valence-electron chi connectivity index (χ3n) is 5.49. The first-order chi connectivity index (χ1) is 17.3. The predicted molar refractivity (Wildman–Crippen MR) is 137 cm³/mol. The van der Waals surface area contributed by atoms with Crippen LogP contribution in [0.25, 0.3) is 17.0 Å². The molecule has 36 heavy (non-hydrogen) atoms. The summed E-state index contributed by atoms with van der Waals surface area (Å²) in [6.07, 6.45) is 3.45. The number of ketones is 1. The second-order valence-corrected chi connectivity index (χ2v) is 8.47. The van der Waals surface area contributed by atoms with E-state index in [-0.39, 0.29) is 34.2 Å². The number of rotatable bonds is 8. The minimum atomic E-state index is -1.33. The molecular weight excluding hydrogens is 480 g/mol. The van der Waals surface area contributed by atoms with Crippen molar-refractivity contribution < 1.29 is 24.6 Å². The molecule has 0 atom stereocenters. The van der Waals surface area contributed by atoms with Crippen molar-refractivity contribution in [3.8, 4) is 5.75 Å². The molecule has 0 spiro atoms. The van der Waals surface area contributed by atoms with Gasteiger partial charge in [-0.05, 0) is 60.0 Å². The van der Waals surface area contributed by atoms with E-state index < -0.39 is 11.9 Å². The van der Waals surface area contributed by atoms with Crippen LogP contribution in [0.1, 0.15) is 38.3 Å². The predicted octanol–water partition coefficient (Wildman–Crippen LogP) is 5.26. The quantitative estimate of drug-likeness (QED) is 0.224. The van der Waals surface area contributed by atoms with Gasteiger partial charge in [0.05, 0.1) is 16.1 Å². The molecule has 8 heteroatoms. The van der Waals surface area contributed by atoms with Crippen molar-refractivity contribution in [2.75, 3.05) is 0 Å². The standard InChI is InChI=1S/C28H21ClN2O5/c29-23-15-20(26(33)11-8-17-4-3-6-21(32)13-17)9-10-22(23)27(34)31-25(28(35)36)14-18-12-19-5-1-2-7-24(19)30-16-18/h1-7,9-10,12-16,32H,8,11H2,(H,31,34)(H,35,36)/b25-14-. The Bertz CT molecular complexity index is 1510. The van der Waals surface area contributed by atoms with E-state index in [2.05, 4.69) is 10.3 Å². The Labute approximate surface area is 211 Å². The van der Waals surface area contributed by atoms with Crippen molar-refractivity contribution in [1.29, 1.82) is 0 Å². The summed E-state index contributed by atoms with van der Waals surface area (Å²) in [6.45, 7) is 0. The van der Waals surface area contributed by atoms with Crippen molar-refractivity contribution >= 4 is 46.2 Å². The zero-order valence-electron chi connectivity index (χ0n) is 18.9. The Balaban J connectivity index is 1.48. The number of pyridine rings is 1. The van der Waals surface area contributed by atoms with Crippen molar-refractivity contribution in [1.82, 2.24) is 10.3 Å². The fraction of sp³-hybridized carbons (Fsp3) is 0.0714. The summed E-state index contributed by atoms with van der Waals surface area (Å²) in [5, 5.41) is 22.4. The largest absolute Gasteiger partial charge is 0.508 e. The molecule has 1 aromatic heterocycles. The number of aromatic hydroxyl groups is 1. The smallest absolute Gasteiger partial charge is 0.352 e. The minimum Gasteiger partial charge on any atom is -0.508 e. The number of nitrogens with one attached hydrogen (secondary N) is 1. The number of benzene rings is 3. The number of hydrogen-bond donors (Lipinski definition) is 3. The summed E-state index contributed by atoms with van der Waals surface area (Å²) in [4.78, 5) is 41.4. The summed E-state index contributed by atoms with van der Waals surface area (Å²) >= 11 is 6.27. The van der Waals surface area contributed by atoms with Gasteiger partial charge in [0, 0.05) is 23.6 Å². The van der Waals surface area contributed by atoms with Crippen molar-refractivity contribution in [3.63, 3.8) is 0 Å². The highest BCUT2D eigenvalue weighted by Crippen LogP contribution is 2.21. The Kier molecular flexibility index (Phi) is 7.42. The Morgan fingerprint density at radius 3 is 2.53 bits per heavy atom. The number of phenols is 1. The molecule has 0 saturated carbocycles. The lowest BCUT2D eigenvalue weighted by atomic mass is 10.0. The second kappa shape index (κ2) is 10.8. The number of hydrogen-bond acceptors (Lipinski definition) is 5. The third kappa shape index (κ3) is 5.95. The van der Waals surface area contributed by atoms with E-state index in [1.807, 2.05) is 30.3 Å². The monoisotopic (exact) mass is 500 g/mol. The first-order valence-electron chi connectivity index (χ1n) is 11.0. The topological polar surface area (TPSA) is 117 Å². The van der Waals surface area contributed by atoms with Crippen LogP contribution in [0.3, 0.4) is 0 Å². The number of Topliss-reactive ketones (excluding diaryl/α,β-unsaturated/α-hetero) is 1. The maximum Gasteiger partial charge on any atom is 0.352 e. The van der Waals surface area contributed by atoms with Crippen LogP contribution >= 0.6 is 11.6 Å². The molecule has 3 aromatic carbocycles. The fourth-order valence-corrected chi connectivity index (χ4v) is 3.93. The van der Waals surface area contributed by atoms with Gasteiger partial charge in [-0.25, -0.2) is 4.79 Å². The Morgan fingerprint density at radius 1 is 0.972 bits per heavy atom. The molecule has 0 unspecified atom stereocenters. The Morgan fingerprint density at radius 2 is 1.78 bits per heavy atom. The molecule has 1 heterocycles. The molecular formula is C28H21ClN2O5. The van der Waals surface area contributed by atoms with Gasteiger partial charge in [-0.15, -0.1) is 0 Å². The average Bonchev–Trinajstić information content (AvgIpc) is 2.86. The van der Waals surface area contributed by atoms with Gasteiger partial charge in [0.25, 0.3) is 5.91 Å². The number of para-hydroxylation sites is 1. The lowest BCUT2D eigenvalue weighted by Gasteiger charge is -2.09. The van der Waals surface area contributed by atoms with Crippen molar-refractivity contribution in [3.05, 3.63) is 112 Å². The summed E-state index contributed by atoms with van der Waals surface area (Å²) < 4.78 is 0. The van der Waals surface area contributed by atoms with Crippen LogP contribution in [-0.2, 0) is 11.2 Å². The van der Waals surface area contributed by atoms with Crippen LogP contribution in [0.4, 0.5) is 0 Å². The number of aromatic nitrogens is 1. The normalized spacial score (nSPS) is 11.3. The number of carboxylic acid groups (broad SMARTS) is 1. The number of aliphatic carboxylic acids is 1. The van der Waals surface area contributed by atoms with Crippen LogP contribution < -0.4 is 5.32 Å². The maximum absolute atomic E-state index is 12.8. The molecule has 0 bridgehead atoms. The van der Waals surface area contributed by atoms with Crippen molar-refractivity contribution in [2.45, 2.75) is 12.8 Å². The van der Waals surface area contributed by atoms with E-state index in [1.165, 1.54) is 30.5 Å². The van der Waals surface area contributed by atoms with Crippen LogP contribution in [0.5, 0.6) is 5.75 Å². The van der Waals surface area contributed by atoms with E-state index in [4.69, 9.17) is 11.6 Å². The molecule has 3 N–H and O–H groups in total. The highest BCUT2D eigenvalue weighted by atomic mass is 35.5. The first-order valence-corrected chi connectivity index (χ1v) is 11.4. The molecule has 1 amide bonds. The SMILES string of the molecule is O=C(O)/C(=C/c1cnc2ccccc2c1)NC(=O)c1ccc(C(=O)CCc2cccc(O)c2)cc1Cl. The molecule has 0 fully saturated rings. The van der Waals surface area contributed by atoms with Crippen LogP contribution in [0, 0.1) is 0 Å². The number of carboxylic acids is 1. The van der Waals surface area contributed by atoms with Crippen LogP contribution in [0.2, 0.25) is 5.02 Å². The van der Waals surface area contributed by atoms with Gasteiger partial charge in [-0.1, -0.05) is 48.0 Å². The summed E-state index contributed by atoms with van der Waals surface area (Å²) in [6, 6.07) is 20.1. The summed E-state index contributed by atoms with van der Waals surface area (Å²) in [5.41, 5.74) is 2.10. The van der Waals surface area contributed by atoms with Gasteiger partial charge < -0.3 is 15.5 Å². The van der Waals surface area contributed by atoms with Gasteiger partial charge in [0.1, 0.15) is 11.4 Å². The number of phenolic OH excluding ortho intramolecular Hbond substituents is 1. The highest BCUT2D eigenvalue weighted by Gasteiger charge is 2.18. The molecule has 7 nitrogen and oxygen atoms in total. The third-order valence-corrected chi connectivity index (χ3v) is 5.80. The number of carbonyl (C=O) groups excluding carboxylic acids is 2. The zero-order chi connectivity index (χ0) is 25.7. The van der Waals surface area contributed by atoms with Gasteiger partial charge in [0.15, 0.2) is 5.78 Å². The van der Waals surface area contributed by atoms with Crippen LogP contribution in [0.15, 0.2) is 84.7 Å². The summed E-state index contributed by atoms with van der Waals surface area (Å²) in [5.74, 6) is -2.10. The lowest BCUT2D eigenvalue weighted by molar-refractivity contribution is -0.132. The lowest BCUT2D eigenvalue weighted by Crippen LogP contribution is -2.27. The molecule has 0 aliphatic carbocycles. The number of nitrogens with zero attached hydrogens (tertiary/aromatic N) is 1. The molecule has 0 radical (unpaired) electrons. The van der Waals surface area contributed by atoms with E-state index in [9.17, 15) is 24.6 Å². The second-order valence-electron chi connectivity index (χ2n) is 8.07. The maximum atomic E-state index is 12.8. The van der Waals surface area contributed by atoms with Crippen LogP contribution in [-0.4, -0.2) is 32.9 Å². The van der Waals surface area contributed by atoms with Gasteiger partial charge in [-0.3, -0.25) is 14.6 Å². The average molecular weight is 501 g/mol. The number of aryl methyl sites for hydroxylation is 1. The zero-order valence-corrected chi connectivity index (χ0v) is 19.7. The van der Waals surface area contributed by atoms with Crippen molar-refractivity contribution in [2.24, 2.45) is 0 Å². The molecule has 0 aliphatic rings. The van der Waals surface area contributed by atoms with E-state index in [0.717, 1.165) is 16.5 Å². The van der Waals surface area contributed by atoms with Gasteiger partial charge in [0.2, 0.25) is 0 Å². The first kappa shape index (κ1) is 24.6. The molecule has 180 valence electrons. The number of halogens is 1.